The van der Waals surface area contributed by atoms with E-state index in [2.05, 4.69) is 15.3 Å². The van der Waals surface area contributed by atoms with Crippen molar-refractivity contribution in [1.82, 2.24) is 10.2 Å². The van der Waals surface area contributed by atoms with E-state index in [0.29, 0.717) is 0 Å². The molecule has 9 nitrogen and oxygen atoms in total. The van der Waals surface area contributed by atoms with Crippen molar-refractivity contribution in [2.24, 2.45) is 15.7 Å². The van der Waals surface area contributed by atoms with E-state index in [1.54, 1.807) is 0 Å². The van der Waals surface area contributed by atoms with Crippen LogP contribution in [0.25, 0.3) is 0 Å². The lowest BCUT2D eigenvalue weighted by Gasteiger charge is -2.32. The normalized spacial score (nSPS) is 37.2. The van der Waals surface area contributed by atoms with E-state index in [9.17, 15) is 18.7 Å². The van der Waals surface area contributed by atoms with Gasteiger partial charge in [0.25, 0.3) is 12.0 Å². The number of nitrogens with zero attached hydrogens (tertiary/aromatic N) is 3. The van der Waals surface area contributed by atoms with Gasteiger partial charge in [-0.1, -0.05) is 0 Å². The van der Waals surface area contributed by atoms with Gasteiger partial charge in [0.05, 0.1) is 18.5 Å². The van der Waals surface area contributed by atoms with Crippen LogP contribution in [0, 0.1) is 0 Å². The molecule has 0 saturated carbocycles. The monoisotopic (exact) mass is 317 g/mol. The zero-order valence-corrected chi connectivity index (χ0v) is 11.1. The first-order chi connectivity index (χ1) is 10.4. The minimum absolute atomic E-state index is 0.139. The number of hydrogen-bond acceptors (Lipinski definition) is 8. The number of nitrogens with two attached hydrogens (primary N) is 1. The molecule has 0 aromatic heterocycles. The van der Waals surface area contributed by atoms with E-state index < -0.39 is 54.8 Å². The predicted octanol–water partition coefficient (Wildman–Crippen LogP) is -2.30. The van der Waals surface area contributed by atoms with Crippen molar-refractivity contribution in [2.45, 2.75) is 30.6 Å². The highest BCUT2D eigenvalue weighted by Gasteiger charge is 2.50. The summed E-state index contributed by atoms with van der Waals surface area (Å²) in [5, 5.41) is 21.5. The third-order valence-electron chi connectivity index (χ3n) is 3.66. The van der Waals surface area contributed by atoms with Gasteiger partial charge < -0.3 is 25.6 Å². The topological polar surface area (TPSA) is 133 Å². The van der Waals surface area contributed by atoms with Crippen molar-refractivity contribution in [3.63, 3.8) is 0 Å². The van der Waals surface area contributed by atoms with Crippen molar-refractivity contribution in [3.05, 3.63) is 11.7 Å². The third kappa shape index (κ3) is 2.14. The van der Waals surface area contributed by atoms with Gasteiger partial charge in [0.2, 0.25) is 0 Å². The quantitative estimate of drug-likeness (QED) is 0.453. The Morgan fingerprint density at radius 2 is 2.27 bits per heavy atom. The molecular formula is C11H13F2N5O4. The molecule has 0 aromatic rings. The van der Waals surface area contributed by atoms with Gasteiger partial charge in [-0.25, -0.2) is 4.99 Å². The molecule has 0 radical (unpaired) electrons. The lowest BCUT2D eigenvalue weighted by molar-refractivity contribution is -0.124. The molecule has 3 rings (SSSR count). The van der Waals surface area contributed by atoms with Crippen LogP contribution in [0.3, 0.4) is 0 Å². The summed E-state index contributed by atoms with van der Waals surface area (Å²) in [6.07, 6.45) is -6.10. The molecular weight excluding hydrogens is 304 g/mol. The molecule has 0 aliphatic carbocycles. The van der Waals surface area contributed by atoms with Crippen molar-refractivity contribution < 1.29 is 28.5 Å². The Hall–Kier alpha value is -2.11. The van der Waals surface area contributed by atoms with E-state index in [0.717, 1.165) is 0 Å². The molecule has 0 aromatic carbocycles. The fourth-order valence-electron chi connectivity index (χ4n) is 2.66. The Kier molecular flexibility index (Phi) is 3.54. The molecule has 11 heteroatoms. The maximum absolute atomic E-state index is 12.9. The maximum Gasteiger partial charge on any atom is 0.274 e. The van der Waals surface area contributed by atoms with Crippen LogP contribution in [-0.2, 0) is 9.53 Å². The minimum atomic E-state index is -2.12. The van der Waals surface area contributed by atoms with Crippen LogP contribution in [0.2, 0.25) is 0 Å². The molecule has 1 amide bonds. The number of halogens is 2. The minimum Gasteiger partial charge on any atom is -0.393 e. The number of fused-ring (bicyclic) bond motifs is 1. The molecule has 120 valence electrons. The predicted molar refractivity (Wildman–Crippen MR) is 68.7 cm³/mol. The highest BCUT2D eigenvalue weighted by molar-refractivity contribution is 6.02. The molecule has 3 aliphatic heterocycles. The summed E-state index contributed by atoms with van der Waals surface area (Å²) in [5.74, 6) is -0.629. The lowest BCUT2D eigenvalue weighted by atomic mass is 10.1. The number of amides is 1. The molecule has 22 heavy (non-hydrogen) atoms. The average molecular weight is 317 g/mol. The largest absolute Gasteiger partial charge is 0.393 e. The van der Waals surface area contributed by atoms with Gasteiger partial charge in [0.1, 0.15) is 12.2 Å². The molecule has 2 unspecified atom stereocenters. The number of aliphatic hydroxyl groups is 2. The molecule has 3 aliphatic rings. The Morgan fingerprint density at radius 1 is 1.55 bits per heavy atom. The van der Waals surface area contributed by atoms with Gasteiger partial charge in [-0.3, -0.25) is 15.1 Å². The van der Waals surface area contributed by atoms with Gasteiger partial charge in [0, 0.05) is 0 Å². The lowest BCUT2D eigenvalue weighted by Crippen LogP contribution is -2.56. The number of carbonyl (C=O) groups excluding carboxylic acids is 1. The van der Waals surface area contributed by atoms with Crippen molar-refractivity contribution in [3.8, 4) is 0 Å². The number of aliphatic hydroxyl groups excluding tert-OH is 2. The molecule has 1 fully saturated rings. The number of hydrogen-bond donors (Lipinski definition) is 4. The number of nitrogens with one attached hydrogen (secondary N) is 1. The smallest absolute Gasteiger partial charge is 0.274 e. The fourth-order valence-corrected chi connectivity index (χ4v) is 2.66. The van der Waals surface area contributed by atoms with Crippen molar-refractivity contribution in [2.75, 3.05) is 6.61 Å². The summed E-state index contributed by atoms with van der Waals surface area (Å²) >= 11 is 0. The molecule has 5 atom stereocenters. The van der Waals surface area contributed by atoms with Crippen LogP contribution in [0.1, 0.15) is 0 Å². The molecule has 5 N–H and O–H groups in total. The Balaban J connectivity index is 1.90. The molecule has 3 heterocycles. The van der Waals surface area contributed by atoms with Crippen molar-refractivity contribution in [1.29, 1.82) is 0 Å². The second kappa shape index (κ2) is 5.26. The van der Waals surface area contributed by atoms with Crippen LogP contribution in [0.4, 0.5) is 8.78 Å². The van der Waals surface area contributed by atoms with E-state index in [-0.39, 0.29) is 5.96 Å². The third-order valence-corrected chi connectivity index (χ3v) is 3.66. The summed E-state index contributed by atoms with van der Waals surface area (Å²) < 4.78 is 31.1. The summed E-state index contributed by atoms with van der Waals surface area (Å²) in [5.41, 5.74) is 4.78. The zero-order valence-electron chi connectivity index (χ0n) is 11.1. The Labute approximate surface area is 122 Å². The first kappa shape index (κ1) is 14.8. The Bertz CT molecular complexity index is 591. The summed E-state index contributed by atoms with van der Waals surface area (Å²) in [6.45, 7) is -0.717. The average Bonchev–Trinajstić information content (AvgIpc) is 2.99. The number of aliphatic imine (C=N–C) groups is 2. The number of ether oxygens (including phenoxy) is 1. The molecule has 0 bridgehead atoms. The molecule has 1 saturated heterocycles. The van der Waals surface area contributed by atoms with Gasteiger partial charge in [0.15, 0.2) is 24.4 Å². The van der Waals surface area contributed by atoms with Crippen LogP contribution < -0.4 is 11.1 Å². The standard InChI is InChI=1S/C11H13F2N5O4/c12-7(13)4-3(1-19)22-10(6(4)20)18-2-15-5-8(18)16-11(14)17-9(5)21/h2-3,5-6,8,10,19-20H,1H2,(H3,14,16,17,21)/t3-,5?,6-,8?,10-/m1/s1. The second-order valence-corrected chi connectivity index (χ2v) is 4.93. The van der Waals surface area contributed by atoms with Gasteiger partial charge in [-0.05, 0) is 0 Å². The molecule has 0 spiro atoms. The second-order valence-electron chi connectivity index (χ2n) is 4.93. The summed E-state index contributed by atoms with van der Waals surface area (Å²) in [4.78, 5) is 20.9. The first-order valence-electron chi connectivity index (χ1n) is 6.38. The van der Waals surface area contributed by atoms with Gasteiger partial charge in [-0.15, -0.1) is 0 Å². The number of carbonyl (C=O) groups is 1. The highest BCUT2D eigenvalue weighted by Crippen LogP contribution is 2.34. The van der Waals surface area contributed by atoms with Gasteiger partial charge in [-0.2, -0.15) is 8.78 Å². The zero-order chi connectivity index (χ0) is 16.0. The maximum atomic E-state index is 12.9. The van der Waals surface area contributed by atoms with E-state index in [1.807, 2.05) is 0 Å². The summed E-state index contributed by atoms with van der Waals surface area (Å²) in [6, 6.07) is -0.904. The van der Waals surface area contributed by atoms with E-state index in [4.69, 9.17) is 15.6 Å². The van der Waals surface area contributed by atoms with Crippen LogP contribution >= 0.6 is 0 Å². The van der Waals surface area contributed by atoms with Gasteiger partial charge >= 0.3 is 0 Å². The highest BCUT2D eigenvalue weighted by atomic mass is 19.3. The van der Waals surface area contributed by atoms with Crippen LogP contribution in [0.5, 0.6) is 0 Å². The first-order valence-corrected chi connectivity index (χ1v) is 6.38. The van der Waals surface area contributed by atoms with E-state index >= 15 is 0 Å². The number of rotatable bonds is 2. The van der Waals surface area contributed by atoms with Crippen molar-refractivity contribution >= 4 is 18.2 Å². The summed E-state index contributed by atoms with van der Waals surface area (Å²) in [7, 11) is 0. The Morgan fingerprint density at radius 3 is 2.86 bits per heavy atom. The van der Waals surface area contributed by atoms with Crippen LogP contribution in [-0.4, -0.2) is 70.6 Å². The fraction of sp³-hybridized carbons (Fsp3) is 0.545. The van der Waals surface area contributed by atoms with Crippen LogP contribution in [0.15, 0.2) is 21.6 Å². The number of guanidine groups is 1. The SMILES string of the molecule is NC1=NC2C(N=CN2[C@@H]2O[C@H](CO)C(=C(F)F)[C@H]2O)C(=O)N1. The van der Waals surface area contributed by atoms with E-state index in [1.165, 1.54) is 11.2 Å².